The van der Waals surface area contributed by atoms with Crippen molar-refractivity contribution in [2.45, 2.75) is 25.3 Å². The zero-order valence-electron chi connectivity index (χ0n) is 10.5. The summed E-state index contributed by atoms with van der Waals surface area (Å²) in [7, 11) is 0. The van der Waals surface area contributed by atoms with Gasteiger partial charge in [-0.1, -0.05) is 23.2 Å². The molecule has 1 aliphatic rings. The van der Waals surface area contributed by atoms with Crippen LogP contribution < -0.4 is 10.6 Å². The number of benzene rings is 1. The predicted octanol–water partition coefficient (Wildman–Crippen LogP) is 3.37. The van der Waals surface area contributed by atoms with Crippen LogP contribution in [-0.2, 0) is 4.79 Å². The maximum absolute atomic E-state index is 11.8. The fraction of sp³-hybridized carbons (Fsp3) is 0.385. The first-order valence-electron chi connectivity index (χ1n) is 6.20. The number of anilines is 1. The van der Waals surface area contributed by atoms with E-state index < -0.39 is 12.0 Å². The molecule has 1 aromatic carbocycles. The molecule has 0 aromatic heterocycles. The van der Waals surface area contributed by atoms with Gasteiger partial charge >= 0.3 is 12.0 Å². The maximum Gasteiger partial charge on any atom is 0.319 e. The molecule has 1 atom stereocenters. The van der Waals surface area contributed by atoms with E-state index in [1.807, 2.05) is 0 Å². The Hall–Kier alpha value is -1.46. The van der Waals surface area contributed by atoms with Crippen molar-refractivity contribution in [3.05, 3.63) is 28.2 Å². The van der Waals surface area contributed by atoms with Crippen LogP contribution in [0.25, 0.3) is 0 Å². The van der Waals surface area contributed by atoms with Gasteiger partial charge in [0, 0.05) is 11.7 Å². The standard InChI is InChI=1S/C13H14Cl2N2O3/c14-9-4-3-8(5-10(9)15)16-13(20)17-11(6-12(18)19)7-1-2-7/h3-5,7,11H,1-2,6H2,(H,18,19)(H2,16,17,20). The number of nitrogens with one attached hydrogen (secondary N) is 2. The van der Waals surface area contributed by atoms with Gasteiger partial charge < -0.3 is 15.7 Å². The van der Waals surface area contributed by atoms with Crippen LogP contribution in [0.3, 0.4) is 0 Å². The molecule has 0 aliphatic heterocycles. The lowest BCUT2D eigenvalue weighted by Gasteiger charge is -2.16. The molecule has 1 aliphatic carbocycles. The first kappa shape index (κ1) is 14.9. The molecule has 1 unspecified atom stereocenters. The van der Waals surface area contributed by atoms with Crippen molar-refractivity contribution in [3.63, 3.8) is 0 Å². The number of hydrogen-bond acceptors (Lipinski definition) is 2. The van der Waals surface area contributed by atoms with E-state index in [1.54, 1.807) is 12.1 Å². The van der Waals surface area contributed by atoms with Gasteiger partial charge in [-0.25, -0.2) is 4.79 Å². The monoisotopic (exact) mass is 316 g/mol. The minimum Gasteiger partial charge on any atom is -0.481 e. The predicted molar refractivity (Wildman–Crippen MR) is 77.4 cm³/mol. The van der Waals surface area contributed by atoms with E-state index in [0.717, 1.165) is 12.8 Å². The topological polar surface area (TPSA) is 78.4 Å². The van der Waals surface area contributed by atoms with E-state index in [2.05, 4.69) is 10.6 Å². The van der Waals surface area contributed by atoms with Crippen LogP contribution >= 0.6 is 23.2 Å². The molecule has 1 aromatic rings. The minimum atomic E-state index is -0.920. The molecule has 0 bridgehead atoms. The summed E-state index contributed by atoms with van der Waals surface area (Å²) in [6.07, 6.45) is 1.83. The van der Waals surface area contributed by atoms with Gasteiger partial charge in [0.05, 0.1) is 16.5 Å². The van der Waals surface area contributed by atoms with Crippen LogP contribution in [0.2, 0.25) is 10.0 Å². The summed E-state index contributed by atoms with van der Waals surface area (Å²) in [5.74, 6) is -0.664. The molecule has 0 saturated heterocycles. The summed E-state index contributed by atoms with van der Waals surface area (Å²) >= 11 is 11.6. The quantitative estimate of drug-likeness (QED) is 0.779. The Kier molecular flexibility index (Phi) is 4.73. The molecule has 0 radical (unpaired) electrons. The fourth-order valence-corrected chi connectivity index (χ4v) is 2.23. The summed E-state index contributed by atoms with van der Waals surface area (Å²) in [5, 5.41) is 14.9. The van der Waals surface area contributed by atoms with Crippen molar-refractivity contribution >= 4 is 40.9 Å². The van der Waals surface area contributed by atoms with Gasteiger partial charge in [0.25, 0.3) is 0 Å². The van der Waals surface area contributed by atoms with Crippen molar-refractivity contribution in [3.8, 4) is 0 Å². The fourth-order valence-electron chi connectivity index (χ4n) is 1.93. The van der Waals surface area contributed by atoms with E-state index in [0.29, 0.717) is 15.7 Å². The highest BCUT2D eigenvalue weighted by molar-refractivity contribution is 6.42. The zero-order valence-corrected chi connectivity index (χ0v) is 12.0. The number of carboxylic acids is 1. The van der Waals surface area contributed by atoms with Crippen LogP contribution in [0.15, 0.2) is 18.2 Å². The Labute approximate surface area is 126 Å². The van der Waals surface area contributed by atoms with Crippen LogP contribution in [0.1, 0.15) is 19.3 Å². The molecule has 1 fully saturated rings. The Bertz CT molecular complexity index is 532. The Morgan fingerprint density at radius 3 is 2.55 bits per heavy atom. The van der Waals surface area contributed by atoms with Crippen LogP contribution in [0.4, 0.5) is 10.5 Å². The van der Waals surface area contributed by atoms with Gasteiger partial charge in [-0.15, -0.1) is 0 Å². The number of carbonyl (C=O) groups is 2. The second kappa shape index (κ2) is 6.33. The van der Waals surface area contributed by atoms with Crippen LogP contribution in [-0.4, -0.2) is 23.1 Å². The van der Waals surface area contributed by atoms with Gasteiger partial charge in [-0.05, 0) is 37.0 Å². The van der Waals surface area contributed by atoms with Gasteiger partial charge in [0.1, 0.15) is 0 Å². The molecular weight excluding hydrogens is 303 g/mol. The molecule has 108 valence electrons. The number of carboxylic acid groups (broad SMARTS) is 1. The number of aliphatic carboxylic acids is 1. The molecule has 7 heteroatoms. The first-order chi connectivity index (χ1) is 9.45. The third-order valence-electron chi connectivity index (χ3n) is 3.08. The SMILES string of the molecule is O=C(O)CC(NC(=O)Nc1ccc(Cl)c(Cl)c1)C1CC1. The maximum atomic E-state index is 11.8. The highest BCUT2D eigenvalue weighted by Crippen LogP contribution is 2.34. The van der Waals surface area contributed by atoms with E-state index in [-0.39, 0.29) is 18.4 Å². The lowest BCUT2D eigenvalue weighted by Crippen LogP contribution is -2.40. The second-order valence-corrected chi connectivity index (χ2v) is 5.58. The van der Waals surface area contributed by atoms with Gasteiger partial charge in [0.2, 0.25) is 0 Å². The molecular formula is C13H14Cl2N2O3. The van der Waals surface area contributed by atoms with Crippen molar-refractivity contribution in [2.75, 3.05) is 5.32 Å². The summed E-state index contributed by atoms with van der Waals surface area (Å²) < 4.78 is 0. The smallest absolute Gasteiger partial charge is 0.319 e. The van der Waals surface area contributed by atoms with E-state index in [1.165, 1.54) is 6.07 Å². The third-order valence-corrected chi connectivity index (χ3v) is 3.82. The largest absolute Gasteiger partial charge is 0.481 e. The average Bonchev–Trinajstić information content (AvgIpc) is 3.16. The Balaban J connectivity index is 1.93. The highest BCUT2D eigenvalue weighted by Gasteiger charge is 2.33. The number of carbonyl (C=O) groups excluding carboxylic acids is 1. The van der Waals surface area contributed by atoms with Crippen molar-refractivity contribution < 1.29 is 14.7 Å². The molecule has 20 heavy (non-hydrogen) atoms. The van der Waals surface area contributed by atoms with E-state index in [4.69, 9.17) is 28.3 Å². The van der Waals surface area contributed by atoms with Crippen molar-refractivity contribution in [1.82, 2.24) is 5.32 Å². The highest BCUT2D eigenvalue weighted by atomic mass is 35.5. The molecule has 1 saturated carbocycles. The Morgan fingerprint density at radius 2 is 2.00 bits per heavy atom. The number of hydrogen-bond donors (Lipinski definition) is 3. The molecule has 0 heterocycles. The van der Waals surface area contributed by atoms with E-state index in [9.17, 15) is 9.59 Å². The number of urea groups is 1. The lowest BCUT2D eigenvalue weighted by atomic mass is 10.1. The summed E-state index contributed by atoms with van der Waals surface area (Å²) in [6.45, 7) is 0. The van der Waals surface area contributed by atoms with Crippen LogP contribution in [0.5, 0.6) is 0 Å². The summed E-state index contributed by atoms with van der Waals surface area (Å²) in [4.78, 5) is 22.6. The van der Waals surface area contributed by atoms with Gasteiger partial charge in [-0.3, -0.25) is 4.79 Å². The zero-order chi connectivity index (χ0) is 14.7. The minimum absolute atomic E-state index is 0.0700. The normalized spacial score (nSPS) is 15.5. The number of halogens is 2. The van der Waals surface area contributed by atoms with Gasteiger partial charge in [-0.2, -0.15) is 0 Å². The van der Waals surface area contributed by atoms with E-state index >= 15 is 0 Å². The van der Waals surface area contributed by atoms with Gasteiger partial charge in [0.15, 0.2) is 0 Å². The number of rotatable bonds is 5. The summed E-state index contributed by atoms with van der Waals surface area (Å²) in [5.41, 5.74) is 0.502. The summed E-state index contributed by atoms with van der Waals surface area (Å²) in [6, 6.07) is 3.95. The van der Waals surface area contributed by atoms with Crippen LogP contribution in [0, 0.1) is 5.92 Å². The molecule has 3 N–H and O–H groups in total. The Morgan fingerprint density at radius 1 is 1.30 bits per heavy atom. The lowest BCUT2D eigenvalue weighted by molar-refractivity contribution is -0.137. The molecule has 0 spiro atoms. The average molecular weight is 317 g/mol. The van der Waals surface area contributed by atoms with Crippen molar-refractivity contribution in [2.24, 2.45) is 5.92 Å². The third kappa shape index (κ3) is 4.28. The molecule has 2 rings (SSSR count). The second-order valence-electron chi connectivity index (χ2n) is 4.77. The molecule has 5 nitrogen and oxygen atoms in total. The van der Waals surface area contributed by atoms with Crippen molar-refractivity contribution in [1.29, 1.82) is 0 Å². The number of amides is 2. The molecule has 2 amide bonds. The first-order valence-corrected chi connectivity index (χ1v) is 6.95.